The summed E-state index contributed by atoms with van der Waals surface area (Å²) in [5.41, 5.74) is 0.108. The Kier molecular flexibility index (Phi) is 3.19. The number of hydrogen-bond donors (Lipinski definition) is 2. The number of benzene rings is 1. The number of nitro groups is 1. The predicted molar refractivity (Wildman–Crippen MR) is 59.4 cm³/mol. The molecule has 0 spiro atoms. The van der Waals surface area contributed by atoms with E-state index in [2.05, 4.69) is 0 Å². The van der Waals surface area contributed by atoms with Crippen LogP contribution >= 0.6 is 0 Å². The highest BCUT2D eigenvalue weighted by molar-refractivity contribution is 5.55. The fraction of sp³-hybridized carbons (Fsp3) is 0.455. The van der Waals surface area contributed by atoms with Gasteiger partial charge in [-0.3, -0.25) is 10.1 Å². The highest BCUT2D eigenvalue weighted by Crippen LogP contribution is 2.38. The fourth-order valence-electron chi connectivity index (χ4n) is 1.48. The van der Waals surface area contributed by atoms with Crippen molar-refractivity contribution in [3.05, 3.63) is 33.4 Å². The van der Waals surface area contributed by atoms with Crippen molar-refractivity contribution in [1.29, 1.82) is 0 Å². The van der Waals surface area contributed by atoms with Gasteiger partial charge in [0.2, 0.25) is 0 Å². The van der Waals surface area contributed by atoms with Gasteiger partial charge in [0.25, 0.3) is 0 Å². The summed E-state index contributed by atoms with van der Waals surface area (Å²) in [5, 5.41) is 29.5. The van der Waals surface area contributed by atoms with Gasteiger partial charge in [0.1, 0.15) is 0 Å². The Morgan fingerprint density at radius 1 is 1.38 bits per heavy atom. The van der Waals surface area contributed by atoms with Crippen molar-refractivity contribution in [3.63, 3.8) is 0 Å². The van der Waals surface area contributed by atoms with Gasteiger partial charge in [0.05, 0.1) is 11.5 Å². The molecule has 0 aromatic heterocycles. The number of rotatable bonds is 2. The van der Waals surface area contributed by atoms with Gasteiger partial charge in [0.15, 0.2) is 5.75 Å². The summed E-state index contributed by atoms with van der Waals surface area (Å²) in [7, 11) is 0. The van der Waals surface area contributed by atoms with Gasteiger partial charge in [-0.2, -0.15) is 0 Å². The Bertz CT molecular complexity index is 421. The third-order valence-corrected chi connectivity index (χ3v) is 2.34. The Balaban J connectivity index is 3.50. The number of aliphatic hydroxyl groups excluding tert-OH is 1. The van der Waals surface area contributed by atoms with Gasteiger partial charge in [-0.05, 0) is 17.0 Å². The number of nitrogens with zero attached hydrogens (tertiary/aromatic N) is 1. The molecule has 88 valence electrons. The summed E-state index contributed by atoms with van der Waals surface area (Å²) >= 11 is 0. The quantitative estimate of drug-likeness (QED) is 0.596. The van der Waals surface area contributed by atoms with Crippen LogP contribution in [0.3, 0.4) is 0 Å². The van der Waals surface area contributed by atoms with Crippen LogP contribution in [0.2, 0.25) is 0 Å². The van der Waals surface area contributed by atoms with Gasteiger partial charge in [-0.15, -0.1) is 0 Å². The average Bonchev–Trinajstić information content (AvgIpc) is 2.15. The summed E-state index contributed by atoms with van der Waals surface area (Å²) in [6.45, 7) is 5.23. The van der Waals surface area contributed by atoms with E-state index in [4.69, 9.17) is 5.11 Å². The van der Waals surface area contributed by atoms with E-state index in [0.717, 1.165) is 0 Å². The molecule has 5 nitrogen and oxygen atoms in total. The van der Waals surface area contributed by atoms with Gasteiger partial charge in [-0.25, -0.2) is 0 Å². The minimum absolute atomic E-state index is 0.287. The Morgan fingerprint density at radius 2 is 1.94 bits per heavy atom. The Hall–Kier alpha value is -1.62. The number of aromatic hydroxyl groups is 1. The molecule has 0 aliphatic carbocycles. The number of phenolic OH excluding ortho intramolecular Hbond substituents is 1. The molecule has 1 aromatic carbocycles. The molecule has 0 saturated carbocycles. The molecular formula is C11H15NO4. The smallest absolute Gasteiger partial charge is 0.311 e. The van der Waals surface area contributed by atoms with E-state index >= 15 is 0 Å². The Morgan fingerprint density at radius 3 is 2.31 bits per heavy atom. The third kappa shape index (κ3) is 2.30. The van der Waals surface area contributed by atoms with E-state index in [0.29, 0.717) is 11.1 Å². The summed E-state index contributed by atoms with van der Waals surface area (Å²) in [6, 6.07) is 2.77. The van der Waals surface area contributed by atoms with Crippen LogP contribution in [-0.4, -0.2) is 15.1 Å². The first-order valence-corrected chi connectivity index (χ1v) is 4.89. The van der Waals surface area contributed by atoms with Gasteiger partial charge in [-0.1, -0.05) is 20.8 Å². The minimum atomic E-state index is -0.649. The third-order valence-electron chi connectivity index (χ3n) is 2.34. The van der Waals surface area contributed by atoms with Gasteiger partial charge < -0.3 is 10.2 Å². The van der Waals surface area contributed by atoms with Crippen LogP contribution in [0.4, 0.5) is 5.69 Å². The second kappa shape index (κ2) is 4.09. The maximum atomic E-state index is 10.7. The van der Waals surface area contributed by atoms with Crippen LogP contribution in [-0.2, 0) is 12.0 Å². The highest BCUT2D eigenvalue weighted by Gasteiger charge is 2.26. The van der Waals surface area contributed by atoms with Crippen molar-refractivity contribution in [1.82, 2.24) is 0 Å². The monoisotopic (exact) mass is 225 g/mol. The molecule has 0 bridgehead atoms. The summed E-state index contributed by atoms with van der Waals surface area (Å²) in [4.78, 5) is 10.1. The molecule has 0 heterocycles. The van der Waals surface area contributed by atoms with Crippen LogP contribution < -0.4 is 0 Å². The fourth-order valence-corrected chi connectivity index (χ4v) is 1.48. The normalized spacial score (nSPS) is 11.5. The van der Waals surface area contributed by atoms with E-state index in [-0.39, 0.29) is 18.0 Å². The van der Waals surface area contributed by atoms with E-state index in [9.17, 15) is 15.2 Å². The maximum absolute atomic E-state index is 10.7. The average molecular weight is 225 g/mol. The van der Waals surface area contributed by atoms with Crippen molar-refractivity contribution in [2.75, 3.05) is 0 Å². The van der Waals surface area contributed by atoms with Crippen molar-refractivity contribution < 1.29 is 15.1 Å². The number of aliphatic hydroxyl groups is 1. The second-order valence-electron chi connectivity index (χ2n) is 4.68. The van der Waals surface area contributed by atoms with Crippen LogP contribution in [0.5, 0.6) is 5.75 Å². The van der Waals surface area contributed by atoms with E-state index in [1.54, 1.807) is 6.07 Å². The molecule has 0 unspecified atom stereocenters. The molecule has 16 heavy (non-hydrogen) atoms. The maximum Gasteiger partial charge on any atom is 0.311 e. The SMILES string of the molecule is CC(C)(C)c1cc(CO)cc([N+](=O)[O-])c1O. The standard InChI is InChI=1S/C11H15NO4/c1-11(2,3)8-4-7(6-13)5-9(10(8)14)12(15)16/h4-5,13-14H,6H2,1-3H3. The largest absolute Gasteiger partial charge is 0.502 e. The topological polar surface area (TPSA) is 83.6 Å². The first-order chi connectivity index (χ1) is 7.27. The zero-order valence-corrected chi connectivity index (χ0v) is 9.52. The molecule has 1 rings (SSSR count). The zero-order chi connectivity index (χ0) is 12.5. The summed E-state index contributed by atoms with van der Waals surface area (Å²) in [5.74, 6) is -0.324. The lowest BCUT2D eigenvalue weighted by atomic mass is 9.85. The van der Waals surface area contributed by atoms with Crippen molar-refractivity contribution >= 4 is 5.69 Å². The number of phenols is 1. The minimum Gasteiger partial charge on any atom is -0.502 e. The van der Waals surface area contributed by atoms with Crippen molar-refractivity contribution in [2.45, 2.75) is 32.8 Å². The van der Waals surface area contributed by atoms with Crippen LogP contribution in [0.15, 0.2) is 12.1 Å². The lowest BCUT2D eigenvalue weighted by Crippen LogP contribution is -2.12. The molecule has 0 aliphatic rings. The molecule has 0 amide bonds. The lowest BCUT2D eigenvalue weighted by Gasteiger charge is -2.20. The zero-order valence-electron chi connectivity index (χ0n) is 9.52. The van der Waals surface area contributed by atoms with E-state index in [1.165, 1.54) is 6.07 Å². The van der Waals surface area contributed by atoms with E-state index < -0.39 is 10.3 Å². The van der Waals surface area contributed by atoms with Crippen LogP contribution in [0.1, 0.15) is 31.9 Å². The van der Waals surface area contributed by atoms with Gasteiger partial charge >= 0.3 is 5.69 Å². The van der Waals surface area contributed by atoms with Gasteiger partial charge in [0, 0.05) is 11.6 Å². The molecule has 1 aromatic rings. The first kappa shape index (κ1) is 12.4. The number of hydrogen-bond acceptors (Lipinski definition) is 4. The van der Waals surface area contributed by atoms with Crippen molar-refractivity contribution in [3.8, 4) is 5.75 Å². The molecule has 0 fully saturated rings. The highest BCUT2D eigenvalue weighted by atomic mass is 16.6. The van der Waals surface area contributed by atoms with E-state index in [1.807, 2.05) is 20.8 Å². The summed E-state index contributed by atoms with van der Waals surface area (Å²) in [6.07, 6.45) is 0. The van der Waals surface area contributed by atoms with Crippen LogP contribution in [0, 0.1) is 10.1 Å². The molecule has 2 N–H and O–H groups in total. The summed E-state index contributed by atoms with van der Waals surface area (Å²) < 4.78 is 0. The lowest BCUT2D eigenvalue weighted by molar-refractivity contribution is -0.386. The molecule has 0 radical (unpaired) electrons. The molecule has 0 atom stereocenters. The molecule has 0 aliphatic heterocycles. The van der Waals surface area contributed by atoms with Crippen LogP contribution in [0.25, 0.3) is 0 Å². The molecule has 0 saturated heterocycles. The second-order valence-corrected chi connectivity index (χ2v) is 4.68. The number of nitro benzene ring substituents is 1. The molecular weight excluding hydrogens is 210 g/mol. The first-order valence-electron chi connectivity index (χ1n) is 4.89. The Labute approximate surface area is 93.5 Å². The van der Waals surface area contributed by atoms with Crippen molar-refractivity contribution in [2.24, 2.45) is 0 Å². The predicted octanol–water partition coefficient (Wildman–Crippen LogP) is 2.09. The molecule has 5 heteroatoms.